The van der Waals surface area contributed by atoms with Gasteiger partial charge in [-0.2, -0.15) is 4.31 Å². The lowest BCUT2D eigenvalue weighted by Crippen LogP contribution is -2.44. The Morgan fingerprint density at radius 1 is 1.23 bits per heavy atom. The van der Waals surface area contributed by atoms with Crippen molar-refractivity contribution < 1.29 is 17.9 Å². The molecular formula is C19H20BrNO4S. The van der Waals surface area contributed by atoms with Gasteiger partial charge in [0.1, 0.15) is 6.04 Å². The highest BCUT2D eigenvalue weighted by molar-refractivity contribution is 9.10. The molecule has 0 bridgehead atoms. The fourth-order valence-corrected chi connectivity index (χ4v) is 5.07. The molecule has 0 spiro atoms. The number of carbonyl (C=O) groups is 1. The fourth-order valence-electron chi connectivity index (χ4n) is 3.13. The molecule has 0 amide bonds. The van der Waals surface area contributed by atoms with Crippen LogP contribution in [0.25, 0.3) is 0 Å². The van der Waals surface area contributed by atoms with Crippen LogP contribution >= 0.6 is 15.9 Å². The normalized spacial score (nSPS) is 17.6. The molecule has 1 unspecified atom stereocenters. The lowest BCUT2D eigenvalue weighted by Gasteiger charge is -2.34. The molecule has 2 aromatic rings. The number of fused-ring (bicyclic) bond motifs is 1. The molecule has 0 aliphatic carbocycles. The summed E-state index contributed by atoms with van der Waals surface area (Å²) in [7, 11) is -3.83. The quantitative estimate of drug-likeness (QED) is 0.685. The topological polar surface area (TPSA) is 63.7 Å². The summed E-state index contributed by atoms with van der Waals surface area (Å²) in [6.07, 6.45) is 0.545. The molecule has 1 atom stereocenters. The number of rotatable bonds is 4. The Hall–Kier alpha value is -1.70. The number of aryl methyl sites for hydroxylation is 1. The molecule has 26 heavy (non-hydrogen) atoms. The number of sulfonamides is 1. The van der Waals surface area contributed by atoms with Crippen LogP contribution < -0.4 is 0 Å². The third-order valence-corrected chi connectivity index (χ3v) is 6.80. The van der Waals surface area contributed by atoms with E-state index in [1.807, 2.05) is 19.1 Å². The first kappa shape index (κ1) is 19.1. The van der Waals surface area contributed by atoms with Crippen LogP contribution in [0.15, 0.2) is 51.8 Å². The minimum absolute atomic E-state index is 0.177. The summed E-state index contributed by atoms with van der Waals surface area (Å²) >= 11 is 3.41. The number of nitrogens with zero attached hydrogens (tertiary/aromatic N) is 1. The molecule has 138 valence electrons. The van der Waals surface area contributed by atoms with Gasteiger partial charge in [-0.25, -0.2) is 13.2 Å². The van der Waals surface area contributed by atoms with Gasteiger partial charge in [0.05, 0.1) is 11.5 Å². The van der Waals surface area contributed by atoms with Crippen molar-refractivity contribution in [2.75, 3.05) is 13.2 Å². The molecule has 0 fully saturated rings. The minimum Gasteiger partial charge on any atom is -0.465 e. The predicted molar refractivity (Wildman–Crippen MR) is 102 cm³/mol. The summed E-state index contributed by atoms with van der Waals surface area (Å²) in [5, 5.41) is 0. The van der Waals surface area contributed by atoms with Crippen molar-refractivity contribution in [2.45, 2.75) is 31.2 Å². The molecule has 1 heterocycles. The summed E-state index contributed by atoms with van der Waals surface area (Å²) in [5.74, 6) is -0.553. The molecule has 1 aliphatic heterocycles. The summed E-state index contributed by atoms with van der Waals surface area (Å²) in [5.41, 5.74) is 2.60. The van der Waals surface area contributed by atoms with Gasteiger partial charge in [-0.3, -0.25) is 0 Å². The maximum absolute atomic E-state index is 13.2. The lowest BCUT2D eigenvalue weighted by molar-refractivity contribution is -0.148. The highest BCUT2D eigenvalue weighted by Gasteiger charge is 2.41. The van der Waals surface area contributed by atoms with E-state index in [2.05, 4.69) is 15.9 Å². The SMILES string of the molecule is CCOC(=O)C1c2cc(Br)ccc2CCN1S(=O)(=O)c1ccc(C)cc1. The average molecular weight is 438 g/mol. The number of hydrogen-bond donors (Lipinski definition) is 0. The van der Waals surface area contributed by atoms with Crippen LogP contribution in [0.4, 0.5) is 0 Å². The first-order valence-corrected chi connectivity index (χ1v) is 10.6. The van der Waals surface area contributed by atoms with Gasteiger partial charge >= 0.3 is 5.97 Å². The number of halogens is 1. The Balaban J connectivity index is 2.10. The van der Waals surface area contributed by atoms with Crippen molar-refractivity contribution in [3.8, 4) is 0 Å². The molecule has 1 aliphatic rings. The Morgan fingerprint density at radius 2 is 1.92 bits per heavy atom. The van der Waals surface area contributed by atoms with Gasteiger partial charge in [-0.1, -0.05) is 39.7 Å². The average Bonchev–Trinajstić information content (AvgIpc) is 2.61. The van der Waals surface area contributed by atoms with Crippen LogP contribution in [0.5, 0.6) is 0 Å². The molecule has 3 rings (SSSR count). The predicted octanol–water partition coefficient (Wildman–Crippen LogP) is 3.61. The standard InChI is InChI=1S/C19H20BrNO4S/c1-3-25-19(22)18-17-12-15(20)7-6-14(17)10-11-21(18)26(23,24)16-8-4-13(2)5-9-16/h4-9,12,18H,3,10-11H2,1-2H3. The molecule has 0 radical (unpaired) electrons. The van der Waals surface area contributed by atoms with Crippen molar-refractivity contribution in [1.29, 1.82) is 0 Å². The summed E-state index contributed by atoms with van der Waals surface area (Å²) in [4.78, 5) is 12.8. The monoisotopic (exact) mass is 437 g/mol. The maximum atomic E-state index is 13.2. The number of benzene rings is 2. The third-order valence-electron chi connectivity index (χ3n) is 4.43. The van der Waals surface area contributed by atoms with Crippen LogP contribution in [0.2, 0.25) is 0 Å². The lowest BCUT2D eigenvalue weighted by atomic mass is 9.94. The van der Waals surface area contributed by atoms with Gasteiger partial charge in [-0.05, 0) is 55.7 Å². The second-order valence-corrected chi connectivity index (χ2v) is 8.98. The zero-order valence-electron chi connectivity index (χ0n) is 14.6. The van der Waals surface area contributed by atoms with Crippen molar-refractivity contribution in [1.82, 2.24) is 4.31 Å². The second kappa shape index (κ2) is 7.50. The van der Waals surface area contributed by atoms with E-state index in [9.17, 15) is 13.2 Å². The molecule has 5 nitrogen and oxygen atoms in total. The molecular weight excluding hydrogens is 418 g/mol. The zero-order valence-corrected chi connectivity index (χ0v) is 17.0. The van der Waals surface area contributed by atoms with E-state index in [0.717, 1.165) is 15.6 Å². The van der Waals surface area contributed by atoms with Crippen LogP contribution in [0, 0.1) is 6.92 Å². The van der Waals surface area contributed by atoms with Crippen LogP contribution in [-0.4, -0.2) is 31.8 Å². The maximum Gasteiger partial charge on any atom is 0.329 e. The second-order valence-electron chi connectivity index (χ2n) is 6.18. The Bertz CT molecular complexity index is 925. The zero-order chi connectivity index (χ0) is 18.9. The van der Waals surface area contributed by atoms with E-state index in [0.29, 0.717) is 12.0 Å². The first-order valence-electron chi connectivity index (χ1n) is 8.38. The number of hydrogen-bond acceptors (Lipinski definition) is 4. The van der Waals surface area contributed by atoms with Crippen LogP contribution in [0.1, 0.15) is 29.7 Å². The summed E-state index contributed by atoms with van der Waals surface area (Å²) in [6, 6.07) is 11.3. The van der Waals surface area contributed by atoms with E-state index in [-0.39, 0.29) is 18.0 Å². The van der Waals surface area contributed by atoms with E-state index < -0.39 is 22.0 Å². The highest BCUT2D eigenvalue weighted by Crippen LogP contribution is 2.36. The third kappa shape index (κ3) is 3.56. The molecule has 0 saturated heterocycles. The number of ether oxygens (including phenoxy) is 1. The highest BCUT2D eigenvalue weighted by atomic mass is 79.9. The van der Waals surface area contributed by atoms with Gasteiger partial charge in [0.15, 0.2) is 0 Å². The summed E-state index contributed by atoms with van der Waals surface area (Å²) < 4.78 is 33.7. The Labute approximate surface area is 162 Å². The first-order chi connectivity index (χ1) is 12.3. The van der Waals surface area contributed by atoms with E-state index in [1.165, 1.54) is 4.31 Å². The van der Waals surface area contributed by atoms with Crippen LogP contribution in [0.3, 0.4) is 0 Å². The van der Waals surface area contributed by atoms with Crippen molar-refractivity contribution in [3.63, 3.8) is 0 Å². The Kier molecular flexibility index (Phi) is 5.50. The van der Waals surface area contributed by atoms with Crippen molar-refractivity contribution in [2.24, 2.45) is 0 Å². The van der Waals surface area contributed by atoms with Crippen molar-refractivity contribution >= 4 is 31.9 Å². The molecule has 2 aromatic carbocycles. The van der Waals surface area contributed by atoms with E-state index in [1.54, 1.807) is 37.3 Å². The van der Waals surface area contributed by atoms with E-state index in [4.69, 9.17) is 4.74 Å². The van der Waals surface area contributed by atoms with Gasteiger partial charge in [0.2, 0.25) is 10.0 Å². The van der Waals surface area contributed by atoms with Gasteiger partial charge in [0, 0.05) is 11.0 Å². The summed E-state index contributed by atoms with van der Waals surface area (Å²) in [6.45, 7) is 4.03. The van der Waals surface area contributed by atoms with Gasteiger partial charge in [-0.15, -0.1) is 0 Å². The minimum atomic E-state index is -3.83. The molecule has 0 aromatic heterocycles. The molecule has 7 heteroatoms. The van der Waals surface area contributed by atoms with Gasteiger partial charge in [0.25, 0.3) is 0 Å². The number of esters is 1. The Morgan fingerprint density at radius 3 is 2.58 bits per heavy atom. The smallest absolute Gasteiger partial charge is 0.329 e. The van der Waals surface area contributed by atoms with E-state index >= 15 is 0 Å². The molecule has 0 saturated carbocycles. The fraction of sp³-hybridized carbons (Fsp3) is 0.316. The van der Waals surface area contributed by atoms with Crippen molar-refractivity contribution in [3.05, 3.63) is 63.6 Å². The van der Waals surface area contributed by atoms with Gasteiger partial charge < -0.3 is 4.74 Å². The largest absolute Gasteiger partial charge is 0.465 e. The van der Waals surface area contributed by atoms with Crippen LogP contribution in [-0.2, 0) is 26.0 Å². The molecule has 0 N–H and O–H groups in total. The number of carbonyl (C=O) groups excluding carboxylic acids is 1.